The van der Waals surface area contributed by atoms with E-state index in [4.69, 9.17) is 4.98 Å². The van der Waals surface area contributed by atoms with E-state index in [0.29, 0.717) is 35.8 Å². The van der Waals surface area contributed by atoms with Crippen LogP contribution in [0.1, 0.15) is 47.8 Å². The summed E-state index contributed by atoms with van der Waals surface area (Å²) in [5, 5.41) is 5.40. The molecule has 1 aliphatic carbocycles. The Labute approximate surface area is 220 Å². The summed E-state index contributed by atoms with van der Waals surface area (Å²) in [6, 6.07) is 20.7. The Kier molecular flexibility index (Phi) is 5.53. The average Bonchev–Trinajstić information content (AvgIpc) is 3.61. The number of carbonyl (C=O) groups excluding carboxylic acids is 1. The van der Waals surface area contributed by atoms with Gasteiger partial charge in [-0.1, -0.05) is 36.4 Å². The predicted molar refractivity (Wildman–Crippen MR) is 146 cm³/mol. The first-order valence-electron chi connectivity index (χ1n) is 13.5. The molecule has 0 atom stereocenters. The van der Waals surface area contributed by atoms with Gasteiger partial charge in [-0.15, -0.1) is 0 Å². The zero-order chi connectivity index (χ0) is 25.8. The van der Waals surface area contributed by atoms with Gasteiger partial charge in [-0.3, -0.25) is 9.48 Å². The van der Waals surface area contributed by atoms with E-state index in [1.165, 1.54) is 30.2 Å². The van der Waals surface area contributed by atoms with Crippen LogP contribution in [-0.4, -0.2) is 43.2 Å². The number of halogens is 1. The molecule has 0 radical (unpaired) electrons. The van der Waals surface area contributed by atoms with Crippen molar-refractivity contribution in [2.45, 2.75) is 38.1 Å². The second-order valence-electron chi connectivity index (χ2n) is 10.7. The van der Waals surface area contributed by atoms with E-state index in [-0.39, 0.29) is 11.7 Å². The van der Waals surface area contributed by atoms with Gasteiger partial charge >= 0.3 is 0 Å². The Hall–Kier alpha value is -4.00. The summed E-state index contributed by atoms with van der Waals surface area (Å²) in [5.41, 5.74) is 4.64. The third kappa shape index (κ3) is 3.88. The summed E-state index contributed by atoms with van der Waals surface area (Å²) < 4.78 is 18.7. The van der Waals surface area contributed by atoms with Gasteiger partial charge in [0, 0.05) is 43.5 Å². The van der Waals surface area contributed by atoms with Crippen molar-refractivity contribution in [3.8, 4) is 11.3 Å². The third-order valence-corrected chi connectivity index (χ3v) is 8.19. The fourth-order valence-corrected chi connectivity index (χ4v) is 6.03. The van der Waals surface area contributed by atoms with Crippen LogP contribution in [0.5, 0.6) is 0 Å². The topological polar surface area (TPSA) is 56.0 Å². The molecule has 3 aromatic carbocycles. The van der Waals surface area contributed by atoms with Crippen LogP contribution >= 0.6 is 0 Å². The molecule has 2 aromatic heterocycles. The molecule has 2 fully saturated rings. The SMILES string of the molecule is Cn1nc(-c2ccccc2F)c2cccc(C(=O)N3CCC(c4nc5ccccc5n4CC4CC4)CC3)c21. The number of piperidine rings is 1. The smallest absolute Gasteiger partial charge is 0.256 e. The minimum absolute atomic E-state index is 0.00335. The average molecular weight is 508 g/mol. The van der Waals surface area contributed by atoms with Crippen molar-refractivity contribution < 1.29 is 9.18 Å². The highest BCUT2D eigenvalue weighted by Gasteiger charge is 2.31. The molecule has 1 saturated heterocycles. The highest BCUT2D eigenvalue weighted by atomic mass is 19.1. The van der Waals surface area contributed by atoms with Crippen LogP contribution < -0.4 is 0 Å². The molecule has 192 valence electrons. The van der Waals surface area contributed by atoms with Gasteiger partial charge in [0.1, 0.15) is 17.3 Å². The monoisotopic (exact) mass is 507 g/mol. The van der Waals surface area contributed by atoms with Gasteiger partial charge in [0.05, 0.1) is 22.1 Å². The maximum atomic E-state index is 14.6. The number of hydrogen-bond acceptors (Lipinski definition) is 3. The molecule has 6 nitrogen and oxygen atoms in total. The molecule has 3 heterocycles. The highest BCUT2D eigenvalue weighted by molar-refractivity contribution is 6.08. The van der Waals surface area contributed by atoms with Crippen molar-refractivity contribution >= 4 is 27.8 Å². The van der Waals surface area contributed by atoms with Crippen molar-refractivity contribution in [3.63, 3.8) is 0 Å². The molecule has 0 spiro atoms. The Morgan fingerprint density at radius 3 is 2.50 bits per heavy atom. The van der Waals surface area contributed by atoms with Crippen molar-refractivity contribution in [1.29, 1.82) is 0 Å². The zero-order valence-electron chi connectivity index (χ0n) is 21.5. The number of benzene rings is 3. The Morgan fingerprint density at radius 1 is 0.947 bits per heavy atom. The number of amides is 1. The number of rotatable bonds is 5. The number of likely N-dealkylation sites (tertiary alicyclic amines) is 1. The second-order valence-corrected chi connectivity index (χ2v) is 10.7. The van der Waals surface area contributed by atoms with Crippen LogP contribution in [0.25, 0.3) is 33.2 Å². The van der Waals surface area contributed by atoms with E-state index < -0.39 is 0 Å². The number of hydrogen-bond donors (Lipinski definition) is 0. The summed E-state index contributed by atoms with van der Waals surface area (Å²) in [7, 11) is 1.82. The molecular weight excluding hydrogens is 477 g/mol. The molecule has 38 heavy (non-hydrogen) atoms. The van der Waals surface area contributed by atoms with Gasteiger partial charge in [-0.05, 0) is 61.9 Å². The summed E-state index contributed by atoms with van der Waals surface area (Å²) in [5.74, 6) is 1.96. The number of imidazole rings is 1. The maximum Gasteiger partial charge on any atom is 0.256 e. The van der Waals surface area contributed by atoms with Crippen LogP contribution in [0.3, 0.4) is 0 Å². The number of fused-ring (bicyclic) bond motifs is 2. The Morgan fingerprint density at radius 2 is 1.71 bits per heavy atom. The van der Waals surface area contributed by atoms with Crippen LogP contribution in [0.2, 0.25) is 0 Å². The van der Waals surface area contributed by atoms with E-state index in [1.807, 2.05) is 30.1 Å². The number of para-hydroxylation sites is 3. The quantitative estimate of drug-likeness (QED) is 0.286. The third-order valence-electron chi connectivity index (χ3n) is 8.19. The van der Waals surface area contributed by atoms with E-state index >= 15 is 0 Å². The van der Waals surface area contributed by atoms with E-state index in [0.717, 1.165) is 41.7 Å². The molecule has 2 aliphatic rings. The largest absolute Gasteiger partial charge is 0.339 e. The molecule has 0 N–H and O–H groups in total. The first-order valence-corrected chi connectivity index (χ1v) is 13.5. The predicted octanol–water partition coefficient (Wildman–Crippen LogP) is 6.16. The highest BCUT2D eigenvalue weighted by Crippen LogP contribution is 2.37. The summed E-state index contributed by atoms with van der Waals surface area (Å²) in [6.07, 6.45) is 4.39. The Bertz CT molecular complexity index is 1670. The van der Waals surface area contributed by atoms with E-state index in [1.54, 1.807) is 22.9 Å². The zero-order valence-corrected chi connectivity index (χ0v) is 21.5. The molecular formula is C31H30FN5O. The van der Waals surface area contributed by atoms with E-state index in [9.17, 15) is 9.18 Å². The lowest BCUT2D eigenvalue weighted by Crippen LogP contribution is -2.38. The molecule has 7 rings (SSSR count). The van der Waals surface area contributed by atoms with Gasteiger partial charge < -0.3 is 9.47 Å². The summed E-state index contributed by atoms with van der Waals surface area (Å²) >= 11 is 0. The second kappa shape index (κ2) is 9.08. The number of aromatic nitrogens is 4. The fourth-order valence-electron chi connectivity index (χ4n) is 6.03. The van der Waals surface area contributed by atoms with E-state index in [2.05, 4.69) is 33.9 Å². The van der Waals surface area contributed by atoms with Gasteiger partial charge in [0.25, 0.3) is 5.91 Å². The minimum atomic E-state index is -0.320. The molecule has 1 amide bonds. The number of nitrogens with zero attached hydrogens (tertiary/aromatic N) is 5. The van der Waals surface area contributed by atoms with Gasteiger partial charge in [-0.25, -0.2) is 9.37 Å². The van der Waals surface area contributed by atoms with Crippen LogP contribution in [0, 0.1) is 11.7 Å². The molecule has 0 bridgehead atoms. The summed E-state index contributed by atoms with van der Waals surface area (Å²) in [6.45, 7) is 2.41. The molecule has 1 aliphatic heterocycles. The molecule has 0 unspecified atom stereocenters. The van der Waals surface area contributed by atoms with Crippen LogP contribution in [0.15, 0.2) is 66.7 Å². The van der Waals surface area contributed by atoms with Crippen molar-refractivity contribution in [2.75, 3.05) is 13.1 Å². The van der Waals surface area contributed by atoms with Crippen molar-refractivity contribution in [2.24, 2.45) is 13.0 Å². The molecule has 1 saturated carbocycles. The van der Waals surface area contributed by atoms with Gasteiger partial charge in [-0.2, -0.15) is 5.10 Å². The molecule has 5 aromatic rings. The van der Waals surface area contributed by atoms with Gasteiger partial charge in [0.15, 0.2) is 0 Å². The first-order chi connectivity index (χ1) is 18.6. The lowest BCUT2D eigenvalue weighted by molar-refractivity contribution is 0.0712. The van der Waals surface area contributed by atoms with Crippen molar-refractivity contribution in [3.05, 3.63) is 83.9 Å². The fraction of sp³-hybridized carbons (Fsp3) is 0.323. The van der Waals surface area contributed by atoms with Crippen LogP contribution in [0.4, 0.5) is 4.39 Å². The van der Waals surface area contributed by atoms with Crippen LogP contribution in [-0.2, 0) is 13.6 Å². The molecule has 7 heteroatoms. The standard InChI is InChI=1S/C31H30FN5O/c1-35-29-23(28(34-35)22-7-2-3-10-25(22)32)8-6-9-24(29)31(38)36-17-15-21(16-18-36)30-33-26-11-4-5-12-27(26)37(30)19-20-13-14-20/h2-12,20-21H,13-19H2,1H3. The van der Waals surface area contributed by atoms with Crippen molar-refractivity contribution in [1.82, 2.24) is 24.2 Å². The number of aryl methyl sites for hydroxylation is 1. The normalized spacial score (nSPS) is 16.5. The Balaban J connectivity index is 1.16. The minimum Gasteiger partial charge on any atom is -0.339 e. The number of carbonyl (C=O) groups is 1. The first kappa shape index (κ1) is 23.1. The maximum absolute atomic E-state index is 14.6. The lowest BCUT2D eigenvalue weighted by Gasteiger charge is -2.32. The lowest BCUT2D eigenvalue weighted by atomic mass is 9.95. The summed E-state index contributed by atoms with van der Waals surface area (Å²) in [4.78, 5) is 20.8. The van der Waals surface area contributed by atoms with Gasteiger partial charge in [0.2, 0.25) is 0 Å².